The van der Waals surface area contributed by atoms with Crippen molar-refractivity contribution in [1.82, 2.24) is 14.7 Å². The molecule has 6 nitrogen and oxygen atoms in total. The van der Waals surface area contributed by atoms with Crippen LogP contribution >= 0.6 is 11.6 Å². The Morgan fingerprint density at radius 2 is 2.12 bits per heavy atom. The molecule has 0 spiro atoms. The molecule has 0 N–H and O–H groups in total. The number of aryl methyl sites for hydroxylation is 1. The van der Waals surface area contributed by atoms with Gasteiger partial charge in [-0.15, -0.1) is 0 Å². The van der Waals surface area contributed by atoms with Gasteiger partial charge in [-0.25, -0.2) is 4.68 Å². The third kappa shape index (κ3) is 3.34. The van der Waals surface area contributed by atoms with Crippen LogP contribution in [-0.4, -0.2) is 39.8 Å². The van der Waals surface area contributed by atoms with E-state index in [-0.39, 0.29) is 29.3 Å². The molecule has 7 heteroatoms. The first-order valence-corrected chi connectivity index (χ1v) is 8.06. The zero-order valence-electron chi connectivity index (χ0n) is 13.5. The molecule has 2 aromatic rings. The highest BCUT2D eigenvalue weighted by Gasteiger charge is 2.31. The summed E-state index contributed by atoms with van der Waals surface area (Å²) in [5.41, 5.74) is 0.926. The van der Waals surface area contributed by atoms with Crippen LogP contribution in [0.1, 0.15) is 29.1 Å². The van der Waals surface area contributed by atoms with E-state index in [1.807, 2.05) is 25.1 Å². The molecule has 1 amide bonds. The fourth-order valence-electron chi connectivity index (χ4n) is 2.71. The summed E-state index contributed by atoms with van der Waals surface area (Å²) in [5.74, 6) is -0.214. The molecule has 2 heterocycles. The second kappa shape index (κ2) is 6.75. The van der Waals surface area contributed by atoms with Crippen LogP contribution in [0.3, 0.4) is 0 Å². The Morgan fingerprint density at radius 1 is 1.33 bits per heavy atom. The molecule has 0 bridgehead atoms. The first-order valence-electron chi connectivity index (χ1n) is 7.68. The molecule has 1 aromatic heterocycles. The number of benzene rings is 1. The minimum absolute atomic E-state index is 0.0769. The Morgan fingerprint density at radius 3 is 2.83 bits per heavy atom. The van der Waals surface area contributed by atoms with E-state index in [0.29, 0.717) is 18.2 Å². The summed E-state index contributed by atoms with van der Waals surface area (Å²) in [6, 6.07) is 10.2. The fraction of sp³-hybridized carbons (Fsp3) is 0.353. The maximum absolute atomic E-state index is 12.8. The van der Waals surface area contributed by atoms with Gasteiger partial charge in [0.05, 0.1) is 19.2 Å². The Kier molecular flexibility index (Phi) is 4.69. The summed E-state index contributed by atoms with van der Waals surface area (Å²) in [4.78, 5) is 26.0. The largest absolute Gasteiger partial charge is 0.370 e. The van der Waals surface area contributed by atoms with E-state index in [4.69, 9.17) is 16.3 Å². The van der Waals surface area contributed by atoms with Crippen LogP contribution in [0.25, 0.3) is 0 Å². The maximum Gasteiger partial charge on any atom is 0.274 e. The molecule has 2 atom stereocenters. The summed E-state index contributed by atoms with van der Waals surface area (Å²) < 4.78 is 7.02. The van der Waals surface area contributed by atoms with Crippen molar-refractivity contribution in [3.63, 3.8) is 0 Å². The van der Waals surface area contributed by atoms with Gasteiger partial charge in [-0.1, -0.05) is 23.7 Å². The van der Waals surface area contributed by atoms with E-state index in [9.17, 15) is 9.59 Å². The first-order chi connectivity index (χ1) is 11.5. The van der Waals surface area contributed by atoms with Gasteiger partial charge in [0.1, 0.15) is 11.8 Å². The van der Waals surface area contributed by atoms with Crippen molar-refractivity contribution >= 4 is 17.5 Å². The number of morpholine rings is 1. The van der Waals surface area contributed by atoms with Crippen LogP contribution in [0.4, 0.5) is 0 Å². The van der Waals surface area contributed by atoms with Crippen LogP contribution in [0.2, 0.25) is 5.02 Å². The Hall–Kier alpha value is -2.18. The molecular formula is C17H18ClN3O3. The highest BCUT2D eigenvalue weighted by atomic mass is 35.5. The van der Waals surface area contributed by atoms with Crippen LogP contribution in [-0.2, 0) is 11.8 Å². The molecule has 1 aromatic carbocycles. The van der Waals surface area contributed by atoms with Gasteiger partial charge in [-0.2, -0.15) is 5.10 Å². The zero-order valence-corrected chi connectivity index (χ0v) is 14.2. The summed E-state index contributed by atoms with van der Waals surface area (Å²) in [6.07, 6.45) is -0.239. The van der Waals surface area contributed by atoms with Crippen molar-refractivity contribution in [2.75, 3.05) is 13.2 Å². The number of aromatic nitrogens is 2. The summed E-state index contributed by atoms with van der Waals surface area (Å²) in [6.45, 7) is 2.76. The number of hydrogen-bond donors (Lipinski definition) is 0. The van der Waals surface area contributed by atoms with Gasteiger partial charge in [0, 0.05) is 18.1 Å². The number of carbonyl (C=O) groups excluding carboxylic acids is 1. The number of halogens is 1. The van der Waals surface area contributed by atoms with E-state index in [1.165, 1.54) is 19.2 Å². The lowest BCUT2D eigenvalue weighted by molar-refractivity contribution is -0.0489. The van der Waals surface area contributed by atoms with E-state index < -0.39 is 0 Å². The van der Waals surface area contributed by atoms with Crippen LogP contribution in [0.5, 0.6) is 0 Å². The van der Waals surface area contributed by atoms with E-state index in [2.05, 4.69) is 5.10 Å². The first kappa shape index (κ1) is 16.7. The lowest BCUT2D eigenvalue weighted by Gasteiger charge is -2.38. The van der Waals surface area contributed by atoms with Crippen molar-refractivity contribution in [2.24, 2.45) is 7.05 Å². The minimum atomic E-state index is -0.252. The standard InChI is InChI=1S/C17H18ClN3O3/c1-11-10-24-15(12-4-3-5-13(18)8-12)9-21(11)17(23)14-6-7-16(22)20(2)19-14/h3-8,11,15H,9-10H2,1-2H3/t11-,15-/m1/s1. The zero-order chi connectivity index (χ0) is 17.3. The Bertz CT molecular complexity index is 821. The lowest BCUT2D eigenvalue weighted by atomic mass is 10.1. The molecule has 0 radical (unpaired) electrons. The van der Waals surface area contributed by atoms with Crippen molar-refractivity contribution in [2.45, 2.75) is 19.1 Å². The van der Waals surface area contributed by atoms with Gasteiger partial charge < -0.3 is 9.64 Å². The normalized spacial score (nSPS) is 20.9. The van der Waals surface area contributed by atoms with Crippen LogP contribution < -0.4 is 5.56 Å². The predicted octanol–water partition coefficient (Wildman–Crippen LogP) is 2.04. The molecule has 0 saturated carbocycles. The van der Waals surface area contributed by atoms with Crippen molar-refractivity contribution in [1.29, 1.82) is 0 Å². The highest BCUT2D eigenvalue weighted by molar-refractivity contribution is 6.30. The molecular weight excluding hydrogens is 330 g/mol. The molecule has 24 heavy (non-hydrogen) atoms. The highest BCUT2D eigenvalue weighted by Crippen LogP contribution is 2.27. The van der Waals surface area contributed by atoms with E-state index in [0.717, 1.165) is 10.2 Å². The quantitative estimate of drug-likeness (QED) is 0.834. The molecule has 1 aliphatic heterocycles. The second-order valence-corrected chi connectivity index (χ2v) is 6.30. The van der Waals surface area contributed by atoms with Gasteiger partial charge in [0.2, 0.25) is 0 Å². The number of amides is 1. The number of ether oxygens (including phenoxy) is 1. The number of hydrogen-bond acceptors (Lipinski definition) is 4. The molecule has 3 rings (SSSR count). The predicted molar refractivity (Wildman–Crippen MR) is 90.1 cm³/mol. The monoisotopic (exact) mass is 347 g/mol. The molecule has 0 unspecified atom stereocenters. The van der Waals surface area contributed by atoms with Gasteiger partial charge in [0.25, 0.3) is 11.5 Å². The smallest absolute Gasteiger partial charge is 0.274 e. The average molecular weight is 348 g/mol. The van der Waals surface area contributed by atoms with Crippen LogP contribution in [0.15, 0.2) is 41.2 Å². The molecule has 1 saturated heterocycles. The second-order valence-electron chi connectivity index (χ2n) is 5.86. The Balaban J connectivity index is 1.84. The minimum Gasteiger partial charge on any atom is -0.370 e. The summed E-state index contributed by atoms with van der Waals surface area (Å²) in [5, 5.41) is 4.68. The SMILES string of the molecule is C[C@@H]1CO[C@@H](c2cccc(Cl)c2)CN1C(=O)c1ccc(=O)n(C)n1. The number of nitrogens with zero attached hydrogens (tertiary/aromatic N) is 3. The maximum atomic E-state index is 12.8. The third-order valence-electron chi connectivity index (χ3n) is 4.09. The topological polar surface area (TPSA) is 64.4 Å². The Labute approximate surface area is 144 Å². The number of carbonyl (C=O) groups is 1. The number of rotatable bonds is 2. The molecule has 1 aliphatic rings. The van der Waals surface area contributed by atoms with Crippen molar-refractivity contribution in [3.05, 3.63) is 63.0 Å². The van der Waals surface area contributed by atoms with Crippen molar-refractivity contribution in [3.8, 4) is 0 Å². The summed E-state index contributed by atoms with van der Waals surface area (Å²) >= 11 is 6.04. The van der Waals surface area contributed by atoms with E-state index in [1.54, 1.807) is 11.0 Å². The van der Waals surface area contributed by atoms with Crippen molar-refractivity contribution < 1.29 is 9.53 Å². The third-order valence-corrected chi connectivity index (χ3v) is 4.33. The molecule has 126 valence electrons. The fourth-order valence-corrected chi connectivity index (χ4v) is 2.91. The van der Waals surface area contributed by atoms with Gasteiger partial charge in [-0.05, 0) is 30.7 Å². The van der Waals surface area contributed by atoms with Crippen LogP contribution in [0, 0.1) is 0 Å². The van der Waals surface area contributed by atoms with E-state index >= 15 is 0 Å². The van der Waals surface area contributed by atoms with Gasteiger partial charge in [0.15, 0.2) is 0 Å². The van der Waals surface area contributed by atoms with Gasteiger partial charge >= 0.3 is 0 Å². The lowest BCUT2D eigenvalue weighted by Crippen LogP contribution is -2.48. The molecule has 1 fully saturated rings. The molecule has 0 aliphatic carbocycles. The summed E-state index contributed by atoms with van der Waals surface area (Å²) in [7, 11) is 1.52. The van der Waals surface area contributed by atoms with Gasteiger partial charge in [-0.3, -0.25) is 9.59 Å². The average Bonchev–Trinajstić information content (AvgIpc) is 2.57.